The summed E-state index contributed by atoms with van der Waals surface area (Å²) in [4.78, 5) is 16.1. The second-order valence-corrected chi connectivity index (χ2v) is 17.5. The van der Waals surface area contributed by atoms with E-state index in [2.05, 4.69) is 182 Å². The molecule has 0 radical (unpaired) electrons. The summed E-state index contributed by atoms with van der Waals surface area (Å²) >= 11 is 0.0595. The molecular weight excluding hydrogens is 973 g/mol. The summed E-state index contributed by atoms with van der Waals surface area (Å²) in [6.07, 6.45) is 3.73. The van der Waals surface area contributed by atoms with E-state index in [9.17, 15) is 0 Å². The molecule has 2 aromatic heterocycles. The molecule has 0 bridgehead atoms. The Morgan fingerprint density at radius 3 is 1.90 bits per heavy atom. The van der Waals surface area contributed by atoms with Crippen LogP contribution >= 0.6 is 0 Å². The molecule has 0 saturated carbocycles. The van der Waals surface area contributed by atoms with Crippen molar-refractivity contribution in [1.29, 1.82) is 0 Å². The normalized spacial score (nSPS) is 13.0. The zero-order valence-electron chi connectivity index (χ0n) is 32.6. The number of ether oxygens (including phenoxy) is 1. The van der Waals surface area contributed by atoms with E-state index in [0.29, 0.717) is 11.6 Å². The molecule has 0 saturated heterocycles. The molecule has 59 heavy (non-hydrogen) atoms. The number of fused-ring (bicyclic) bond motifs is 3. The van der Waals surface area contributed by atoms with Gasteiger partial charge in [-0.2, -0.15) is 0 Å². The van der Waals surface area contributed by atoms with Gasteiger partial charge in [0.05, 0.1) is 0 Å². The maximum Gasteiger partial charge on any atom is 0.00382 e. The zero-order valence-corrected chi connectivity index (χ0v) is 36.6. The first-order valence-corrected chi connectivity index (χ1v) is 21.0. The standard InChI is InChI=1S/C51H38N5OSe.Pt/c1-51(2,3)37-29-40(35-17-6-4-7-18-35)50(41(30-37)36-19-8-5-9-20-36)55-34-54(42-23-10-11-24-43(42)55)38-21-16-22-39(31-38)57-49-32-45-47(33-53-49)58-46-26-13-12-25-44(46)56(45)48-27-14-15-28-52-48;/h4-30,33-34H,1-3H3;/q-3;. The number of rotatable bonds is 7. The van der Waals surface area contributed by atoms with Crippen LogP contribution in [0.1, 0.15) is 26.3 Å². The van der Waals surface area contributed by atoms with Gasteiger partial charge >= 0.3 is 215 Å². The Bertz CT molecular complexity index is 2720. The van der Waals surface area contributed by atoms with Gasteiger partial charge in [0.2, 0.25) is 0 Å². The number of hydrogen-bond acceptors (Lipinski definition) is 6. The number of anilines is 7. The number of hydrogen-bond donors (Lipinski definition) is 0. The molecule has 8 heteroatoms. The Morgan fingerprint density at radius 1 is 0.610 bits per heavy atom. The first-order chi connectivity index (χ1) is 28.4. The van der Waals surface area contributed by atoms with Crippen LogP contribution in [0.15, 0.2) is 170 Å². The summed E-state index contributed by atoms with van der Waals surface area (Å²) in [5.74, 6) is 1.73. The summed E-state index contributed by atoms with van der Waals surface area (Å²) in [7, 11) is 0. The molecule has 2 aliphatic rings. The van der Waals surface area contributed by atoms with Gasteiger partial charge in [0.15, 0.2) is 0 Å². The Morgan fingerprint density at radius 2 is 1.24 bits per heavy atom. The predicted octanol–water partition coefficient (Wildman–Crippen LogP) is 11.3. The molecule has 0 amide bonds. The molecule has 2 aliphatic heterocycles. The topological polar surface area (TPSA) is 44.7 Å². The van der Waals surface area contributed by atoms with Crippen molar-refractivity contribution in [2.24, 2.45) is 0 Å². The third-order valence-corrected chi connectivity index (χ3v) is 12.7. The predicted molar refractivity (Wildman–Crippen MR) is 237 cm³/mol. The monoisotopic (exact) mass is 1010 g/mol. The number of para-hydroxylation sites is 3. The average Bonchev–Trinajstić information content (AvgIpc) is 3.65. The van der Waals surface area contributed by atoms with Crippen LogP contribution in [-0.2, 0) is 26.5 Å². The Labute approximate surface area is 366 Å². The van der Waals surface area contributed by atoms with Crippen molar-refractivity contribution < 1.29 is 25.8 Å². The average molecular weight is 1010 g/mol. The summed E-state index contributed by atoms with van der Waals surface area (Å²) in [5, 5.41) is 0. The first-order valence-electron chi connectivity index (χ1n) is 19.3. The van der Waals surface area contributed by atoms with Crippen LogP contribution in [0, 0.1) is 18.8 Å². The van der Waals surface area contributed by atoms with Crippen molar-refractivity contribution in [3.8, 4) is 33.9 Å². The van der Waals surface area contributed by atoms with Crippen molar-refractivity contribution in [1.82, 2.24) is 9.97 Å². The molecule has 10 rings (SSSR count). The smallest absolute Gasteiger partial charge is 0.00382 e. The van der Waals surface area contributed by atoms with Gasteiger partial charge < -0.3 is 0 Å². The van der Waals surface area contributed by atoms with Gasteiger partial charge in [-0.15, -0.1) is 0 Å². The zero-order chi connectivity index (χ0) is 39.2. The van der Waals surface area contributed by atoms with Crippen molar-refractivity contribution in [3.05, 3.63) is 194 Å². The molecule has 0 unspecified atom stereocenters. The fraction of sp³-hybridized carbons (Fsp3) is 0.0784. The molecule has 0 aliphatic carbocycles. The Balaban J connectivity index is 0.00000449. The maximum atomic E-state index is 6.50. The molecule has 8 aromatic rings. The van der Waals surface area contributed by atoms with Gasteiger partial charge in [-0.05, 0) is 34.2 Å². The number of pyridine rings is 2. The van der Waals surface area contributed by atoms with Crippen molar-refractivity contribution in [3.63, 3.8) is 0 Å². The molecule has 0 spiro atoms. The SMILES string of the molecule is CC(C)(C)c1cc(-c2ccccc2)c(N2[CH-]N(c3[c-]c(Oc4[c-]c5c(cn4)[Se]c4ccccc4N5c4ccccn4)ccc3)c3ccccc32)c(-c2ccccc2)c1.[Pt]. The molecule has 0 N–H and O–H groups in total. The summed E-state index contributed by atoms with van der Waals surface area (Å²) in [6, 6.07) is 62.2. The van der Waals surface area contributed by atoms with Gasteiger partial charge in [0.25, 0.3) is 0 Å². The largest absolute Gasteiger partial charge is 0.0622 e. The maximum absolute atomic E-state index is 6.50. The second kappa shape index (κ2) is 16.0. The van der Waals surface area contributed by atoms with Gasteiger partial charge in [0.1, 0.15) is 0 Å². The third kappa shape index (κ3) is 7.36. The van der Waals surface area contributed by atoms with Crippen molar-refractivity contribution in [2.75, 3.05) is 14.7 Å². The molecule has 0 atom stereocenters. The van der Waals surface area contributed by atoms with E-state index in [-0.39, 0.29) is 41.4 Å². The van der Waals surface area contributed by atoms with E-state index in [1.54, 1.807) is 0 Å². The fourth-order valence-corrected chi connectivity index (χ4v) is 9.66. The molecular formula is C51H38N5OPtSe-3. The Kier molecular flexibility index (Phi) is 10.4. The van der Waals surface area contributed by atoms with Gasteiger partial charge in [-0.25, -0.2) is 0 Å². The van der Waals surface area contributed by atoms with Gasteiger partial charge in [-0.3, -0.25) is 0 Å². The second-order valence-electron chi connectivity index (χ2n) is 15.2. The third-order valence-electron chi connectivity index (χ3n) is 10.4. The van der Waals surface area contributed by atoms with Crippen LogP contribution in [0.4, 0.5) is 39.9 Å². The van der Waals surface area contributed by atoms with E-state index in [1.165, 1.54) is 21.2 Å². The minimum absolute atomic E-state index is 0. The minimum Gasteiger partial charge on any atom is -0.0622 e. The van der Waals surface area contributed by atoms with Crippen LogP contribution < -0.4 is 28.4 Å². The van der Waals surface area contributed by atoms with Crippen LogP contribution in [0.5, 0.6) is 11.6 Å². The number of nitrogens with zero attached hydrogens (tertiary/aromatic N) is 5. The van der Waals surface area contributed by atoms with Crippen molar-refractivity contribution in [2.45, 2.75) is 26.2 Å². The van der Waals surface area contributed by atoms with E-state index in [0.717, 1.165) is 55.5 Å². The quantitative estimate of drug-likeness (QED) is 0.117. The van der Waals surface area contributed by atoms with Crippen LogP contribution in [0.25, 0.3) is 22.3 Å². The molecule has 0 fully saturated rings. The van der Waals surface area contributed by atoms with E-state index in [4.69, 9.17) is 14.7 Å². The molecule has 4 heterocycles. The molecule has 292 valence electrons. The van der Waals surface area contributed by atoms with Gasteiger partial charge in [0, 0.05) is 32.2 Å². The Hall–Kier alpha value is -5.97. The molecule has 6 aromatic carbocycles. The van der Waals surface area contributed by atoms with Crippen LogP contribution in [0.2, 0.25) is 0 Å². The van der Waals surface area contributed by atoms with E-state index >= 15 is 0 Å². The van der Waals surface area contributed by atoms with Gasteiger partial charge in [-0.1, -0.05) is 87.5 Å². The molecule has 6 nitrogen and oxygen atoms in total. The van der Waals surface area contributed by atoms with Crippen LogP contribution in [0.3, 0.4) is 0 Å². The fourth-order valence-electron chi connectivity index (χ4n) is 7.58. The summed E-state index contributed by atoms with van der Waals surface area (Å²) < 4.78 is 8.88. The number of aromatic nitrogens is 2. The first kappa shape index (κ1) is 38.5. The summed E-state index contributed by atoms with van der Waals surface area (Å²) in [5.41, 5.74) is 11.9. The van der Waals surface area contributed by atoms with E-state index < -0.39 is 0 Å². The minimum atomic E-state index is -0.0634. The van der Waals surface area contributed by atoms with Crippen LogP contribution in [-0.4, -0.2) is 24.9 Å². The van der Waals surface area contributed by atoms with Crippen molar-refractivity contribution >= 4 is 63.8 Å². The van der Waals surface area contributed by atoms with E-state index in [1.807, 2.05) is 42.7 Å². The summed E-state index contributed by atoms with van der Waals surface area (Å²) in [6.45, 7) is 9.02. The number of benzene rings is 6.